The van der Waals surface area contributed by atoms with Crippen molar-refractivity contribution >= 4 is 39.2 Å². The Morgan fingerprint density at radius 3 is 2.32 bits per heavy atom. The van der Waals surface area contributed by atoms with Crippen LogP contribution in [0.3, 0.4) is 0 Å². The maximum Gasteiger partial charge on any atom is 0.405 e. The van der Waals surface area contributed by atoms with Crippen molar-refractivity contribution in [1.29, 1.82) is 0 Å². The van der Waals surface area contributed by atoms with Gasteiger partial charge < -0.3 is 10.1 Å². The predicted octanol–water partition coefficient (Wildman–Crippen LogP) is 3.14. The van der Waals surface area contributed by atoms with E-state index in [1.165, 1.54) is 24.5 Å². The average molecular weight is 483 g/mol. The zero-order chi connectivity index (χ0) is 23.4. The quantitative estimate of drug-likeness (QED) is 0.483. The van der Waals surface area contributed by atoms with Gasteiger partial charge in [-0.1, -0.05) is 11.6 Å². The normalized spacial score (nSPS) is 11.7. The second-order valence-corrected chi connectivity index (χ2v) is 8.44. The number of anilines is 1. The molecule has 7 nitrogen and oxygen atoms in total. The Hall–Kier alpha value is -2.86. The molecule has 0 unspecified atom stereocenters. The molecule has 2 rings (SSSR count). The van der Waals surface area contributed by atoms with E-state index in [4.69, 9.17) is 11.6 Å². The molecule has 0 aromatic heterocycles. The summed E-state index contributed by atoms with van der Waals surface area (Å²) in [6.07, 6.45) is -4.64. The van der Waals surface area contributed by atoms with Gasteiger partial charge in [-0.15, -0.1) is 0 Å². The summed E-state index contributed by atoms with van der Waals surface area (Å²) in [5.74, 6) is -2.99. The van der Waals surface area contributed by atoms with Gasteiger partial charge in [-0.05, 0) is 42.5 Å². The van der Waals surface area contributed by atoms with Crippen molar-refractivity contribution in [3.63, 3.8) is 0 Å². The Labute approximate surface area is 179 Å². The Morgan fingerprint density at radius 1 is 1.13 bits per heavy atom. The number of benzene rings is 2. The highest BCUT2D eigenvalue weighted by Gasteiger charge is 2.28. The molecule has 1 N–H and O–H groups in total. The number of alkyl halides is 3. The first-order valence-corrected chi connectivity index (χ1v) is 10.2. The van der Waals surface area contributed by atoms with E-state index in [0.717, 1.165) is 34.6 Å². The van der Waals surface area contributed by atoms with Crippen LogP contribution in [0, 0.1) is 5.82 Å². The molecule has 0 fully saturated rings. The molecule has 2 aromatic carbocycles. The number of nitrogens with one attached hydrogen (secondary N) is 1. The zero-order valence-electron chi connectivity index (χ0n) is 15.7. The number of hydrogen-bond donors (Lipinski definition) is 1. The molecule has 0 atom stereocenters. The maximum absolute atomic E-state index is 13.1. The monoisotopic (exact) mass is 482 g/mol. The fourth-order valence-corrected chi connectivity index (χ4v) is 3.64. The van der Waals surface area contributed by atoms with Gasteiger partial charge in [0.05, 0.1) is 21.2 Å². The molecule has 31 heavy (non-hydrogen) atoms. The van der Waals surface area contributed by atoms with Crippen molar-refractivity contribution in [2.24, 2.45) is 0 Å². The van der Waals surface area contributed by atoms with Crippen molar-refractivity contribution in [3.05, 3.63) is 58.9 Å². The highest BCUT2D eigenvalue weighted by molar-refractivity contribution is 7.92. The van der Waals surface area contributed by atoms with Gasteiger partial charge in [-0.25, -0.2) is 17.6 Å². The molecule has 0 spiro atoms. The van der Waals surface area contributed by atoms with E-state index in [9.17, 15) is 35.6 Å². The van der Waals surface area contributed by atoms with Crippen molar-refractivity contribution in [3.8, 4) is 0 Å². The Balaban J connectivity index is 2.17. The number of amides is 1. The molecule has 0 saturated carbocycles. The summed E-state index contributed by atoms with van der Waals surface area (Å²) in [5.41, 5.74) is -0.277. The van der Waals surface area contributed by atoms with Crippen LogP contribution in [-0.4, -0.2) is 46.7 Å². The van der Waals surface area contributed by atoms with Gasteiger partial charge in [0.2, 0.25) is 0 Å². The van der Waals surface area contributed by atoms with Crippen LogP contribution in [0.4, 0.5) is 23.2 Å². The number of ether oxygens (including phenoxy) is 1. The van der Waals surface area contributed by atoms with Crippen LogP contribution in [0.2, 0.25) is 5.02 Å². The lowest BCUT2D eigenvalue weighted by molar-refractivity contribution is -0.140. The average Bonchev–Trinajstić information content (AvgIpc) is 2.70. The Bertz CT molecular complexity index is 1080. The van der Waals surface area contributed by atoms with E-state index in [1.807, 2.05) is 0 Å². The number of hydrogen-bond acceptors (Lipinski definition) is 5. The van der Waals surface area contributed by atoms with Gasteiger partial charge in [-0.3, -0.25) is 9.10 Å². The first-order chi connectivity index (χ1) is 14.3. The molecule has 1 amide bonds. The van der Waals surface area contributed by atoms with Crippen molar-refractivity contribution < 1.29 is 40.3 Å². The Kier molecular flexibility index (Phi) is 7.49. The third kappa shape index (κ3) is 6.56. The molecule has 0 aliphatic rings. The summed E-state index contributed by atoms with van der Waals surface area (Å²) in [4.78, 5) is 23.2. The summed E-state index contributed by atoms with van der Waals surface area (Å²) >= 11 is 5.89. The van der Waals surface area contributed by atoms with Gasteiger partial charge >= 0.3 is 12.1 Å². The molecule has 0 heterocycles. The molecule has 0 aliphatic heterocycles. The van der Waals surface area contributed by atoms with Crippen LogP contribution in [0.15, 0.2) is 47.4 Å². The van der Waals surface area contributed by atoms with E-state index in [1.54, 1.807) is 0 Å². The fourth-order valence-electron chi connectivity index (χ4n) is 2.23. The van der Waals surface area contributed by atoms with E-state index in [2.05, 4.69) is 4.74 Å². The van der Waals surface area contributed by atoms with E-state index < -0.39 is 52.6 Å². The molecule has 13 heteroatoms. The second kappa shape index (κ2) is 9.52. The van der Waals surface area contributed by atoms with Gasteiger partial charge in [0.25, 0.3) is 15.9 Å². The zero-order valence-corrected chi connectivity index (χ0v) is 17.3. The van der Waals surface area contributed by atoms with Crippen molar-refractivity contribution in [2.45, 2.75) is 11.1 Å². The fraction of sp³-hybridized carbons (Fsp3) is 0.222. The van der Waals surface area contributed by atoms with Crippen molar-refractivity contribution in [1.82, 2.24) is 5.32 Å². The van der Waals surface area contributed by atoms with Crippen LogP contribution in [-0.2, 0) is 19.6 Å². The first-order valence-electron chi connectivity index (χ1n) is 8.36. The highest BCUT2D eigenvalue weighted by Crippen LogP contribution is 2.26. The van der Waals surface area contributed by atoms with Gasteiger partial charge in [0, 0.05) is 7.05 Å². The van der Waals surface area contributed by atoms with Crippen LogP contribution in [0.25, 0.3) is 0 Å². The minimum Gasteiger partial charge on any atom is -0.452 e. The number of esters is 1. The van der Waals surface area contributed by atoms with Crippen LogP contribution >= 0.6 is 11.6 Å². The molecule has 0 bridgehead atoms. The lowest BCUT2D eigenvalue weighted by atomic mass is 10.2. The number of carbonyl (C=O) groups excluding carboxylic acids is 2. The largest absolute Gasteiger partial charge is 0.452 e. The Morgan fingerprint density at radius 2 is 1.74 bits per heavy atom. The van der Waals surface area contributed by atoms with E-state index in [-0.39, 0.29) is 15.6 Å². The molecule has 0 saturated heterocycles. The summed E-state index contributed by atoms with van der Waals surface area (Å²) in [7, 11) is -2.99. The first kappa shape index (κ1) is 24.4. The third-order valence-corrected chi connectivity index (χ3v) is 5.94. The minimum absolute atomic E-state index is 0.141. The van der Waals surface area contributed by atoms with Gasteiger partial charge in [0.15, 0.2) is 6.61 Å². The van der Waals surface area contributed by atoms with Crippen LogP contribution in [0.5, 0.6) is 0 Å². The molecular formula is C18H15ClF4N2O5S. The smallest absolute Gasteiger partial charge is 0.405 e. The third-order valence-electron chi connectivity index (χ3n) is 3.83. The lowest BCUT2D eigenvalue weighted by Crippen LogP contribution is -2.36. The van der Waals surface area contributed by atoms with Crippen LogP contribution in [0.1, 0.15) is 10.4 Å². The molecular weight excluding hydrogens is 468 g/mol. The summed E-state index contributed by atoms with van der Waals surface area (Å²) < 4.78 is 80.4. The van der Waals surface area contributed by atoms with E-state index >= 15 is 0 Å². The molecule has 0 radical (unpaired) electrons. The molecule has 2 aromatic rings. The second-order valence-electron chi connectivity index (χ2n) is 6.06. The summed E-state index contributed by atoms with van der Waals surface area (Å²) in [5, 5.41) is 1.31. The van der Waals surface area contributed by atoms with Gasteiger partial charge in [-0.2, -0.15) is 13.2 Å². The SMILES string of the molecule is CN(c1ccc(F)cc1)S(=O)(=O)c1ccc(Cl)c(C(=O)OCC(=O)NCC(F)(F)F)c1. The number of nitrogens with zero attached hydrogens (tertiary/aromatic N) is 1. The number of carbonyl (C=O) groups is 2. The van der Waals surface area contributed by atoms with Crippen molar-refractivity contribution in [2.75, 3.05) is 24.5 Å². The minimum atomic E-state index is -4.64. The number of rotatable bonds is 7. The molecule has 168 valence electrons. The topological polar surface area (TPSA) is 92.8 Å². The summed E-state index contributed by atoms with van der Waals surface area (Å²) in [6, 6.07) is 7.71. The number of halogens is 5. The van der Waals surface area contributed by atoms with E-state index in [0.29, 0.717) is 0 Å². The maximum atomic E-state index is 13.1. The van der Waals surface area contributed by atoms with Gasteiger partial charge in [0.1, 0.15) is 12.4 Å². The predicted molar refractivity (Wildman–Crippen MR) is 103 cm³/mol. The highest BCUT2D eigenvalue weighted by atomic mass is 35.5. The van der Waals surface area contributed by atoms with Crippen LogP contribution < -0.4 is 9.62 Å². The molecule has 0 aliphatic carbocycles. The lowest BCUT2D eigenvalue weighted by Gasteiger charge is -2.20. The summed E-state index contributed by atoms with van der Waals surface area (Å²) in [6.45, 7) is -2.63. The number of sulfonamides is 1. The standard InChI is InChI=1S/C18H15ClF4N2O5S/c1-25(12-4-2-11(20)3-5-12)31(28,29)13-6-7-15(19)14(8-13)17(27)30-9-16(26)24-10-18(21,22)23/h2-8H,9-10H2,1H3,(H,24,26).